The first-order valence-electron chi connectivity index (χ1n) is 7.13. The third-order valence-corrected chi connectivity index (χ3v) is 3.70. The van der Waals surface area contributed by atoms with Crippen LogP contribution in [0.4, 0.5) is 18.0 Å². The van der Waals surface area contributed by atoms with Crippen LogP contribution in [-0.4, -0.2) is 57.7 Å². The van der Waals surface area contributed by atoms with Gasteiger partial charge in [-0.1, -0.05) is 0 Å². The Morgan fingerprint density at radius 3 is 2.91 bits per heavy atom. The number of amides is 2. The van der Waals surface area contributed by atoms with Gasteiger partial charge in [-0.3, -0.25) is 4.68 Å². The summed E-state index contributed by atoms with van der Waals surface area (Å²) in [7, 11) is 0. The third-order valence-electron chi connectivity index (χ3n) is 3.70. The third kappa shape index (κ3) is 4.36. The number of hydrogen-bond acceptors (Lipinski definition) is 3. The van der Waals surface area contributed by atoms with Gasteiger partial charge in [-0.25, -0.2) is 4.79 Å². The number of likely N-dealkylation sites (tertiary alicyclic amines) is 1. The number of nitrogens with one attached hydrogen (secondary N) is 1. The summed E-state index contributed by atoms with van der Waals surface area (Å²) in [6.07, 6.45) is -2.95. The molecule has 2 N–H and O–H groups in total. The number of carbonyl (C=O) groups is 1. The molecule has 0 saturated carbocycles. The first-order valence-corrected chi connectivity index (χ1v) is 7.13. The number of rotatable bonds is 4. The fourth-order valence-electron chi connectivity index (χ4n) is 2.54. The Labute approximate surface area is 125 Å². The van der Waals surface area contributed by atoms with E-state index in [1.807, 2.05) is 0 Å². The highest BCUT2D eigenvalue weighted by molar-refractivity contribution is 5.74. The molecule has 2 atom stereocenters. The molecule has 124 valence electrons. The average Bonchev–Trinajstić information content (AvgIpc) is 2.99. The molecule has 22 heavy (non-hydrogen) atoms. The number of aliphatic hydroxyl groups is 1. The van der Waals surface area contributed by atoms with Gasteiger partial charge in [-0.15, -0.1) is 0 Å². The molecule has 1 fully saturated rings. The van der Waals surface area contributed by atoms with Gasteiger partial charge in [0, 0.05) is 37.9 Å². The Hall–Kier alpha value is -1.77. The van der Waals surface area contributed by atoms with Crippen molar-refractivity contribution >= 4 is 6.03 Å². The van der Waals surface area contributed by atoms with Crippen molar-refractivity contribution in [2.45, 2.75) is 31.7 Å². The molecule has 2 heterocycles. The lowest BCUT2D eigenvalue weighted by Gasteiger charge is -2.35. The van der Waals surface area contributed by atoms with Crippen LogP contribution >= 0.6 is 0 Å². The number of carbonyl (C=O) groups excluding carboxylic acids is 1. The zero-order valence-corrected chi connectivity index (χ0v) is 12.0. The van der Waals surface area contributed by atoms with Crippen molar-refractivity contribution in [1.82, 2.24) is 20.0 Å². The first-order chi connectivity index (χ1) is 10.4. The number of nitrogens with zero attached hydrogens (tertiary/aromatic N) is 3. The number of hydrogen-bond donors (Lipinski definition) is 2. The predicted octanol–water partition coefficient (Wildman–Crippen LogP) is 1.23. The highest BCUT2D eigenvalue weighted by Gasteiger charge is 2.45. The molecule has 1 saturated heterocycles. The summed E-state index contributed by atoms with van der Waals surface area (Å²) in [5.41, 5.74) is 0. The zero-order valence-electron chi connectivity index (χ0n) is 12.0. The van der Waals surface area contributed by atoms with Crippen LogP contribution in [0.5, 0.6) is 0 Å². The minimum Gasteiger partial charge on any atom is -0.383 e. The second-order valence-electron chi connectivity index (χ2n) is 5.34. The van der Waals surface area contributed by atoms with E-state index in [-0.39, 0.29) is 13.0 Å². The van der Waals surface area contributed by atoms with E-state index in [0.717, 1.165) is 0 Å². The van der Waals surface area contributed by atoms with Crippen LogP contribution in [-0.2, 0) is 6.54 Å². The minimum atomic E-state index is -4.65. The lowest BCUT2D eigenvalue weighted by molar-refractivity contribution is -0.222. The zero-order chi connectivity index (χ0) is 16.2. The van der Waals surface area contributed by atoms with Crippen LogP contribution in [0.2, 0.25) is 0 Å². The van der Waals surface area contributed by atoms with Gasteiger partial charge in [-0.2, -0.15) is 18.3 Å². The van der Waals surface area contributed by atoms with E-state index in [4.69, 9.17) is 0 Å². The Morgan fingerprint density at radius 2 is 2.27 bits per heavy atom. The predicted molar refractivity (Wildman–Crippen MR) is 72.0 cm³/mol. The fraction of sp³-hybridized carbons (Fsp3) is 0.692. The van der Waals surface area contributed by atoms with E-state index in [9.17, 15) is 23.1 Å². The number of alkyl halides is 3. The molecule has 2 unspecified atom stereocenters. The van der Waals surface area contributed by atoms with Gasteiger partial charge in [0.2, 0.25) is 0 Å². The summed E-state index contributed by atoms with van der Waals surface area (Å²) in [5, 5.41) is 15.9. The van der Waals surface area contributed by atoms with E-state index in [1.165, 1.54) is 4.90 Å². The van der Waals surface area contributed by atoms with Crippen LogP contribution in [0.3, 0.4) is 0 Å². The summed E-state index contributed by atoms with van der Waals surface area (Å²) in [4.78, 5) is 13.3. The molecule has 9 heteroatoms. The quantitative estimate of drug-likeness (QED) is 0.876. The first kappa shape index (κ1) is 16.6. The minimum absolute atomic E-state index is 0.0890. The Morgan fingerprint density at radius 1 is 1.50 bits per heavy atom. The maximum atomic E-state index is 12.5. The summed E-state index contributed by atoms with van der Waals surface area (Å²) in [6.45, 7) is 1.13. The lowest BCUT2D eigenvalue weighted by atomic mass is 9.92. The van der Waals surface area contributed by atoms with Crippen LogP contribution in [0.25, 0.3) is 0 Å². The van der Waals surface area contributed by atoms with Gasteiger partial charge in [-0.05, 0) is 18.9 Å². The smallest absolute Gasteiger partial charge is 0.383 e. The lowest BCUT2D eigenvalue weighted by Crippen LogP contribution is -2.50. The van der Waals surface area contributed by atoms with Crippen LogP contribution in [0, 0.1) is 5.92 Å². The summed E-state index contributed by atoms with van der Waals surface area (Å²) in [5.74, 6) is -0.967. The van der Waals surface area contributed by atoms with Crippen LogP contribution in [0.15, 0.2) is 18.5 Å². The second-order valence-corrected chi connectivity index (χ2v) is 5.34. The van der Waals surface area contributed by atoms with Gasteiger partial charge >= 0.3 is 12.2 Å². The summed E-state index contributed by atoms with van der Waals surface area (Å²) >= 11 is 0. The second kappa shape index (κ2) is 6.99. The number of halogens is 3. The Bertz CT molecular complexity index is 478. The van der Waals surface area contributed by atoms with E-state index >= 15 is 0 Å². The molecule has 0 bridgehead atoms. The van der Waals surface area contributed by atoms with Crippen molar-refractivity contribution < 1.29 is 23.1 Å². The number of piperidine rings is 1. The Kier molecular flexibility index (Phi) is 5.28. The molecular weight excluding hydrogens is 301 g/mol. The standard InChI is InChI=1S/C13H19F3N4O2/c14-13(15,16)11(21)10-3-1-6-19(9-10)12(22)17-5-8-20-7-2-4-18-20/h2,4,7,10-11,21H,1,3,5-6,8-9H2,(H,17,22). The molecule has 0 aromatic carbocycles. The van der Waals surface area contributed by atoms with Crippen LogP contribution in [0.1, 0.15) is 12.8 Å². The van der Waals surface area contributed by atoms with E-state index in [1.54, 1.807) is 23.1 Å². The van der Waals surface area contributed by atoms with Crippen LogP contribution < -0.4 is 5.32 Å². The monoisotopic (exact) mass is 320 g/mol. The van der Waals surface area contributed by atoms with Crippen molar-refractivity contribution in [3.05, 3.63) is 18.5 Å². The normalized spacial score (nSPS) is 20.7. The van der Waals surface area contributed by atoms with Gasteiger partial charge in [0.1, 0.15) is 0 Å². The molecule has 0 aliphatic carbocycles. The molecule has 2 amide bonds. The van der Waals surface area contributed by atoms with E-state index in [2.05, 4.69) is 10.4 Å². The van der Waals surface area contributed by atoms with Gasteiger partial charge in [0.05, 0.1) is 6.54 Å². The van der Waals surface area contributed by atoms with Gasteiger partial charge in [0.15, 0.2) is 6.10 Å². The highest BCUT2D eigenvalue weighted by Crippen LogP contribution is 2.30. The van der Waals surface area contributed by atoms with E-state index < -0.39 is 24.2 Å². The molecular formula is C13H19F3N4O2. The summed E-state index contributed by atoms with van der Waals surface area (Å²) < 4.78 is 39.3. The molecule has 1 aliphatic heterocycles. The van der Waals surface area contributed by atoms with E-state index in [0.29, 0.717) is 26.1 Å². The topological polar surface area (TPSA) is 70.4 Å². The molecule has 6 nitrogen and oxygen atoms in total. The molecule has 0 radical (unpaired) electrons. The van der Waals surface area contributed by atoms with Crippen molar-refractivity contribution in [2.24, 2.45) is 5.92 Å². The largest absolute Gasteiger partial charge is 0.414 e. The molecule has 0 spiro atoms. The number of aliphatic hydroxyl groups excluding tert-OH is 1. The SMILES string of the molecule is O=C(NCCn1cccn1)N1CCCC(C(O)C(F)(F)F)C1. The van der Waals surface area contributed by atoms with Gasteiger partial charge < -0.3 is 15.3 Å². The molecule has 1 aromatic heterocycles. The van der Waals surface area contributed by atoms with Crippen molar-refractivity contribution in [3.8, 4) is 0 Å². The molecule has 1 aromatic rings. The van der Waals surface area contributed by atoms with Crippen molar-refractivity contribution in [1.29, 1.82) is 0 Å². The fourth-order valence-corrected chi connectivity index (χ4v) is 2.54. The highest BCUT2D eigenvalue weighted by atomic mass is 19.4. The Balaban J connectivity index is 1.79. The molecule has 2 rings (SSSR count). The van der Waals surface area contributed by atoms with Gasteiger partial charge in [0.25, 0.3) is 0 Å². The van der Waals surface area contributed by atoms with Crippen molar-refractivity contribution in [2.75, 3.05) is 19.6 Å². The molecule has 1 aliphatic rings. The van der Waals surface area contributed by atoms with Crippen molar-refractivity contribution in [3.63, 3.8) is 0 Å². The maximum Gasteiger partial charge on any atom is 0.414 e. The maximum absolute atomic E-state index is 12.5. The number of aromatic nitrogens is 2. The summed E-state index contributed by atoms with van der Waals surface area (Å²) in [6, 6.07) is 1.35. The average molecular weight is 320 g/mol. The number of urea groups is 1.